The third-order valence-corrected chi connectivity index (χ3v) is 5.44. The van der Waals surface area contributed by atoms with E-state index in [1.54, 1.807) is 6.07 Å². The van der Waals surface area contributed by atoms with Crippen molar-refractivity contribution in [1.29, 1.82) is 0 Å². The van der Waals surface area contributed by atoms with Crippen LogP contribution in [0.5, 0.6) is 0 Å². The molecule has 23 heavy (non-hydrogen) atoms. The van der Waals surface area contributed by atoms with E-state index < -0.39 is 0 Å². The summed E-state index contributed by atoms with van der Waals surface area (Å²) >= 11 is 0. The van der Waals surface area contributed by atoms with Gasteiger partial charge in [-0.15, -0.1) is 0 Å². The molecule has 2 fully saturated rings. The van der Waals surface area contributed by atoms with Crippen molar-refractivity contribution in [1.82, 2.24) is 15.2 Å². The van der Waals surface area contributed by atoms with Gasteiger partial charge in [-0.1, -0.05) is 6.42 Å². The van der Waals surface area contributed by atoms with Crippen LogP contribution in [-0.4, -0.2) is 35.0 Å². The number of nitrogens with zero attached hydrogens (tertiary/aromatic N) is 2. The first-order chi connectivity index (χ1) is 11.1. The average molecular weight is 320 g/mol. The van der Waals surface area contributed by atoms with Gasteiger partial charge in [-0.2, -0.15) is 0 Å². The number of amides is 2. The van der Waals surface area contributed by atoms with Crippen molar-refractivity contribution >= 4 is 6.03 Å². The molecule has 1 aromatic rings. The highest BCUT2D eigenvalue weighted by Gasteiger charge is 2.47. The summed E-state index contributed by atoms with van der Waals surface area (Å²) in [6.07, 6.45) is 7.87. The fraction of sp³-hybridized carbons (Fsp3) is 0.647. The van der Waals surface area contributed by atoms with Crippen LogP contribution in [0.4, 0.5) is 9.18 Å². The molecule has 1 atom stereocenters. The molecule has 0 spiro atoms. The molecule has 1 saturated heterocycles. The molecular formula is C17H25FN4O. The molecule has 1 aliphatic carbocycles. The summed E-state index contributed by atoms with van der Waals surface area (Å²) in [4.78, 5) is 18.6. The standard InChI is InChI=1S/C17H25FN4O/c18-13-5-6-14(20-10-13)11-21-16(23)22-9-2-1-4-15(22)17(12-19)7-3-8-17/h5-6,10,15H,1-4,7-9,11-12,19H2,(H,21,23). The Morgan fingerprint density at radius 3 is 2.83 bits per heavy atom. The smallest absolute Gasteiger partial charge is 0.317 e. The van der Waals surface area contributed by atoms with Gasteiger partial charge >= 0.3 is 6.03 Å². The predicted molar refractivity (Wildman–Crippen MR) is 86.1 cm³/mol. The fourth-order valence-corrected chi connectivity index (χ4v) is 3.89. The van der Waals surface area contributed by atoms with E-state index in [1.807, 2.05) is 4.90 Å². The zero-order valence-electron chi connectivity index (χ0n) is 13.4. The molecule has 0 bridgehead atoms. The highest BCUT2D eigenvalue weighted by Crippen LogP contribution is 2.47. The van der Waals surface area contributed by atoms with Crippen molar-refractivity contribution in [3.63, 3.8) is 0 Å². The van der Waals surface area contributed by atoms with Gasteiger partial charge in [0, 0.05) is 18.0 Å². The van der Waals surface area contributed by atoms with Crippen LogP contribution in [0.2, 0.25) is 0 Å². The normalized spacial score (nSPS) is 23.2. The van der Waals surface area contributed by atoms with Crippen LogP contribution in [0.25, 0.3) is 0 Å². The number of nitrogens with one attached hydrogen (secondary N) is 1. The first kappa shape index (κ1) is 16.2. The number of carbonyl (C=O) groups is 1. The third kappa shape index (κ3) is 3.32. The molecule has 0 aromatic carbocycles. The van der Waals surface area contributed by atoms with Crippen molar-refractivity contribution < 1.29 is 9.18 Å². The maximum absolute atomic E-state index is 12.9. The summed E-state index contributed by atoms with van der Waals surface area (Å²) in [6.45, 7) is 1.76. The van der Waals surface area contributed by atoms with E-state index in [1.165, 1.54) is 18.7 Å². The van der Waals surface area contributed by atoms with E-state index >= 15 is 0 Å². The van der Waals surface area contributed by atoms with Gasteiger partial charge in [-0.3, -0.25) is 4.98 Å². The Morgan fingerprint density at radius 1 is 1.39 bits per heavy atom. The largest absolute Gasteiger partial charge is 0.332 e. The number of aromatic nitrogens is 1. The minimum atomic E-state index is -0.369. The third-order valence-electron chi connectivity index (χ3n) is 5.44. The monoisotopic (exact) mass is 320 g/mol. The fourth-order valence-electron chi connectivity index (χ4n) is 3.89. The number of pyridine rings is 1. The van der Waals surface area contributed by atoms with Gasteiger partial charge in [0.25, 0.3) is 0 Å². The summed E-state index contributed by atoms with van der Waals surface area (Å²) < 4.78 is 12.9. The van der Waals surface area contributed by atoms with Gasteiger partial charge in [-0.25, -0.2) is 9.18 Å². The van der Waals surface area contributed by atoms with E-state index in [-0.39, 0.29) is 23.3 Å². The molecule has 126 valence electrons. The van der Waals surface area contributed by atoms with E-state index in [0.717, 1.165) is 38.6 Å². The summed E-state index contributed by atoms with van der Waals surface area (Å²) in [6, 6.07) is 3.14. The minimum absolute atomic E-state index is 0.0550. The van der Waals surface area contributed by atoms with E-state index in [0.29, 0.717) is 18.8 Å². The number of likely N-dealkylation sites (tertiary alicyclic amines) is 1. The second kappa shape index (κ2) is 6.83. The van der Waals surface area contributed by atoms with Gasteiger partial charge in [0.15, 0.2) is 0 Å². The highest BCUT2D eigenvalue weighted by atomic mass is 19.1. The molecule has 1 unspecified atom stereocenters. The van der Waals surface area contributed by atoms with E-state index in [4.69, 9.17) is 5.73 Å². The lowest BCUT2D eigenvalue weighted by atomic mass is 9.62. The van der Waals surface area contributed by atoms with Gasteiger partial charge in [0.05, 0.1) is 18.4 Å². The molecule has 2 heterocycles. The number of carbonyl (C=O) groups excluding carboxylic acids is 1. The number of hydrogen-bond donors (Lipinski definition) is 2. The van der Waals surface area contributed by atoms with Gasteiger partial charge in [0.2, 0.25) is 0 Å². The molecule has 2 amide bonds. The lowest BCUT2D eigenvalue weighted by Crippen LogP contribution is -2.60. The molecule has 0 radical (unpaired) electrons. The Balaban J connectivity index is 1.63. The van der Waals surface area contributed by atoms with Crippen LogP contribution in [0.3, 0.4) is 0 Å². The first-order valence-electron chi connectivity index (χ1n) is 8.50. The zero-order valence-corrected chi connectivity index (χ0v) is 13.4. The van der Waals surface area contributed by atoms with Crippen LogP contribution in [0.15, 0.2) is 18.3 Å². The van der Waals surface area contributed by atoms with Crippen LogP contribution in [0.1, 0.15) is 44.2 Å². The quantitative estimate of drug-likeness (QED) is 0.895. The summed E-state index contributed by atoms with van der Waals surface area (Å²) in [5, 5.41) is 2.92. The molecule has 3 rings (SSSR count). The van der Waals surface area contributed by atoms with Crippen molar-refractivity contribution in [2.45, 2.75) is 51.1 Å². The van der Waals surface area contributed by atoms with Crippen molar-refractivity contribution in [2.24, 2.45) is 11.1 Å². The van der Waals surface area contributed by atoms with E-state index in [9.17, 15) is 9.18 Å². The SMILES string of the molecule is NCC1(C2CCCCN2C(=O)NCc2ccc(F)cn2)CCC1. The van der Waals surface area contributed by atoms with Crippen LogP contribution < -0.4 is 11.1 Å². The number of nitrogens with two attached hydrogens (primary N) is 1. The molecule has 3 N–H and O–H groups in total. The Bertz CT molecular complexity index is 539. The van der Waals surface area contributed by atoms with Crippen molar-refractivity contribution in [3.05, 3.63) is 29.8 Å². The van der Waals surface area contributed by atoms with Crippen molar-refractivity contribution in [2.75, 3.05) is 13.1 Å². The molecule has 6 heteroatoms. The minimum Gasteiger partial charge on any atom is -0.332 e. The Labute approximate surface area is 136 Å². The van der Waals surface area contributed by atoms with E-state index in [2.05, 4.69) is 10.3 Å². The molecule has 2 aliphatic rings. The summed E-state index contributed by atoms with van der Waals surface area (Å²) in [7, 11) is 0. The van der Waals surface area contributed by atoms with Crippen LogP contribution in [-0.2, 0) is 6.54 Å². The highest BCUT2D eigenvalue weighted by molar-refractivity contribution is 5.74. The maximum Gasteiger partial charge on any atom is 0.317 e. The summed E-state index contributed by atoms with van der Waals surface area (Å²) in [5.74, 6) is -0.369. The number of piperidine rings is 1. The second-order valence-corrected chi connectivity index (χ2v) is 6.75. The van der Waals surface area contributed by atoms with Gasteiger partial charge < -0.3 is 16.0 Å². The molecular weight excluding hydrogens is 295 g/mol. The Morgan fingerprint density at radius 2 is 2.22 bits per heavy atom. The Kier molecular flexibility index (Phi) is 4.80. The zero-order chi connectivity index (χ0) is 16.3. The lowest BCUT2D eigenvalue weighted by Gasteiger charge is -2.53. The van der Waals surface area contributed by atoms with Crippen LogP contribution >= 0.6 is 0 Å². The van der Waals surface area contributed by atoms with Gasteiger partial charge in [-0.05, 0) is 50.8 Å². The number of urea groups is 1. The molecule has 1 aliphatic heterocycles. The van der Waals surface area contributed by atoms with Gasteiger partial charge in [0.1, 0.15) is 5.82 Å². The average Bonchev–Trinajstić information content (AvgIpc) is 2.54. The first-order valence-corrected chi connectivity index (χ1v) is 8.50. The number of halogens is 1. The Hall–Kier alpha value is -1.69. The summed E-state index contributed by atoms with van der Waals surface area (Å²) in [5.41, 5.74) is 6.81. The number of rotatable bonds is 4. The predicted octanol–water partition coefficient (Wildman–Crippen LogP) is 2.41. The van der Waals surface area contributed by atoms with Crippen molar-refractivity contribution in [3.8, 4) is 0 Å². The number of hydrogen-bond acceptors (Lipinski definition) is 3. The molecule has 5 nitrogen and oxygen atoms in total. The maximum atomic E-state index is 12.9. The molecule has 1 aromatic heterocycles. The topological polar surface area (TPSA) is 71.2 Å². The lowest BCUT2D eigenvalue weighted by molar-refractivity contribution is 0.00421. The second-order valence-electron chi connectivity index (χ2n) is 6.75. The van der Waals surface area contributed by atoms with Crippen LogP contribution in [0, 0.1) is 11.2 Å². The molecule has 1 saturated carbocycles.